The molecule has 0 heterocycles. The van der Waals surface area contributed by atoms with Crippen LogP contribution >= 0.6 is 0 Å². The van der Waals surface area contributed by atoms with E-state index in [2.05, 4.69) is 0 Å². The highest BCUT2D eigenvalue weighted by molar-refractivity contribution is 6.27. The van der Waals surface area contributed by atoms with Crippen LogP contribution in [0.5, 0.6) is 0 Å². The highest BCUT2D eigenvalue weighted by Gasteiger charge is 2.16. The molecule has 0 aromatic rings. The Morgan fingerprint density at radius 1 is 1.33 bits per heavy atom. The normalized spacial score (nSPS) is 11.5. The van der Waals surface area contributed by atoms with Gasteiger partial charge in [-0.15, -0.1) is 0 Å². The topological polar surface area (TPSA) is 58.0 Å². The lowest BCUT2D eigenvalue weighted by atomic mass is 9.95. The zero-order chi connectivity index (χ0) is 12.3. The lowest BCUT2D eigenvalue weighted by Gasteiger charge is -2.07. The first-order valence-electron chi connectivity index (χ1n) is 5.26. The minimum Gasteiger partial charge on any atom is -0.305 e. The van der Waals surface area contributed by atoms with E-state index < -0.39 is 0 Å². The minimum absolute atomic E-state index is 0.00953. The molecule has 0 spiro atoms. The van der Waals surface area contributed by atoms with E-state index in [0.717, 1.165) is 6.21 Å². The van der Waals surface area contributed by atoms with Gasteiger partial charge in [-0.1, -0.05) is 26.0 Å². The fraction of sp³-hybridized carbons (Fsp3) is 0.583. The summed E-state index contributed by atoms with van der Waals surface area (Å²) in [5.41, 5.74) is 0. The van der Waals surface area contributed by atoms with Gasteiger partial charge in [0, 0.05) is 12.3 Å². The maximum absolute atomic E-state index is 11.1. The molecule has 1 N–H and O–H groups in total. The van der Waals surface area contributed by atoms with Crippen LogP contribution in [0.1, 0.15) is 40.5 Å². The standard InChI is InChI=1S/C10H15NO2.C2H6/c1-3-4-5-9(6-8(2)12)10(13)7-11;1-2/h3-4,7,9,11H,5-6H2,1-2H3;1-2H3/b4-3+,11-7?;. The Labute approximate surface area is 92.1 Å². The van der Waals surface area contributed by atoms with Crippen molar-refractivity contribution >= 4 is 17.8 Å². The molecular formula is C12H21NO2. The van der Waals surface area contributed by atoms with Crippen molar-refractivity contribution in [3.63, 3.8) is 0 Å². The van der Waals surface area contributed by atoms with E-state index in [-0.39, 0.29) is 23.9 Å². The van der Waals surface area contributed by atoms with Crippen molar-refractivity contribution in [3.8, 4) is 0 Å². The van der Waals surface area contributed by atoms with E-state index in [1.54, 1.807) is 0 Å². The van der Waals surface area contributed by atoms with Gasteiger partial charge in [-0.05, 0) is 20.3 Å². The highest BCUT2D eigenvalue weighted by Crippen LogP contribution is 2.10. The Bertz CT molecular complexity index is 232. The smallest absolute Gasteiger partial charge is 0.176 e. The summed E-state index contributed by atoms with van der Waals surface area (Å²) in [5, 5.41) is 6.81. The molecule has 0 saturated carbocycles. The monoisotopic (exact) mass is 211 g/mol. The third-order valence-electron chi connectivity index (χ3n) is 1.73. The van der Waals surface area contributed by atoms with Crippen molar-refractivity contribution in [2.75, 3.05) is 0 Å². The Kier molecular flexibility index (Phi) is 11.7. The molecule has 3 heteroatoms. The molecular weight excluding hydrogens is 190 g/mol. The van der Waals surface area contributed by atoms with Gasteiger partial charge >= 0.3 is 0 Å². The van der Waals surface area contributed by atoms with Crippen molar-refractivity contribution in [1.82, 2.24) is 0 Å². The van der Waals surface area contributed by atoms with E-state index in [9.17, 15) is 9.59 Å². The first-order valence-corrected chi connectivity index (χ1v) is 5.26. The molecule has 0 amide bonds. The van der Waals surface area contributed by atoms with Crippen LogP contribution in [0, 0.1) is 11.3 Å². The number of nitrogens with one attached hydrogen (secondary N) is 1. The van der Waals surface area contributed by atoms with Gasteiger partial charge in [-0.3, -0.25) is 4.79 Å². The second-order valence-corrected chi connectivity index (χ2v) is 2.95. The molecule has 0 aromatic heterocycles. The van der Waals surface area contributed by atoms with Crippen molar-refractivity contribution in [2.24, 2.45) is 5.92 Å². The predicted octanol–water partition coefficient (Wildman–Crippen LogP) is 2.79. The number of allylic oxidation sites excluding steroid dienone is 2. The predicted molar refractivity (Wildman–Crippen MR) is 63.4 cm³/mol. The van der Waals surface area contributed by atoms with E-state index in [1.165, 1.54) is 6.92 Å². The van der Waals surface area contributed by atoms with Crippen LogP contribution in [0.4, 0.5) is 0 Å². The number of carbonyl (C=O) groups excluding carboxylic acids is 2. The van der Waals surface area contributed by atoms with Crippen LogP contribution in [-0.4, -0.2) is 17.8 Å². The van der Waals surface area contributed by atoms with Gasteiger partial charge in [0.15, 0.2) is 5.78 Å². The summed E-state index contributed by atoms with van der Waals surface area (Å²) < 4.78 is 0. The average molecular weight is 211 g/mol. The SMILES string of the molecule is C/C=C/CC(CC(C)=O)C(=O)C=N.CC. The van der Waals surface area contributed by atoms with E-state index >= 15 is 0 Å². The maximum Gasteiger partial charge on any atom is 0.176 e. The first kappa shape index (κ1) is 16.2. The molecule has 0 aliphatic carbocycles. The van der Waals surface area contributed by atoms with Crippen LogP contribution in [0.3, 0.4) is 0 Å². The molecule has 0 aromatic carbocycles. The summed E-state index contributed by atoms with van der Waals surface area (Å²) in [4.78, 5) is 21.9. The molecule has 3 nitrogen and oxygen atoms in total. The molecule has 0 aliphatic rings. The molecule has 86 valence electrons. The third kappa shape index (κ3) is 9.06. The highest BCUT2D eigenvalue weighted by atomic mass is 16.1. The number of carbonyl (C=O) groups is 2. The fourth-order valence-corrected chi connectivity index (χ4v) is 1.07. The van der Waals surface area contributed by atoms with Gasteiger partial charge in [0.2, 0.25) is 0 Å². The summed E-state index contributed by atoms with van der Waals surface area (Å²) in [6.45, 7) is 7.32. The Morgan fingerprint density at radius 2 is 1.87 bits per heavy atom. The second-order valence-electron chi connectivity index (χ2n) is 2.95. The van der Waals surface area contributed by atoms with E-state index in [1.807, 2.05) is 32.9 Å². The summed E-state index contributed by atoms with van der Waals surface area (Å²) >= 11 is 0. The zero-order valence-corrected chi connectivity index (χ0v) is 10.0. The minimum atomic E-state index is -0.341. The Hall–Kier alpha value is -1.25. The van der Waals surface area contributed by atoms with Crippen LogP contribution in [-0.2, 0) is 9.59 Å². The Balaban J connectivity index is 0. The summed E-state index contributed by atoms with van der Waals surface area (Å²) in [6.07, 6.45) is 5.25. The molecule has 0 rings (SSSR count). The molecule has 0 aliphatic heterocycles. The third-order valence-corrected chi connectivity index (χ3v) is 1.73. The number of ketones is 2. The van der Waals surface area contributed by atoms with E-state index in [4.69, 9.17) is 5.41 Å². The first-order chi connectivity index (χ1) is 7.11. The van der Waals surface area contributed by atoms with Gasteiger partial charge in [-0.25, -0.2) is 0 Å². The molecule has 0 saturated heterocycles. The summed E-state index contributed by atoms with van der Waals surface area (Å²) in [5.74, 6) is -0.621. The van der Waals surface area contributed by atoms with E-state index in [0.29, 0.717) is 6.42 Å². The lowest BCUT2D eigenvalue weighted by Crippen LogP contribution is -2.17. The number of rotatable bonds is 6. The van der Waals surface area contributed by atoms with Crippen molar-refractivity contribution < 1.29 is 9.59 Å². The molecule has 1 atom stereocenters. The quantitative estimate of drug-likeness (QED) is 0.542. The van der Waals surface area contributed by atoms with Crippen LogP contribution < -0.4 is 0 Å². The van der Waals surface area contributed by atoms with Crippen molar-refractivity contribution in [1.29, 1.82) is 5.41 Å². The molecule has 0 bridgehead atoms. The largest absolute Gasteiger partial charge is 0.305 e. The fourth-order valence-electron chi connectivity index (χ4n) is 1.07. The molecule has 15 heavy (non-hydrogen) atoms. The number of hydrogen-bond acceptors (Lipinski definition) is 3. The van der Waals surface area contributed by atoms with Gasteiger partial charge in [0.1, 0.15) is 5.78 Å². The van der Waals surface area contributed by atoms with Gasteiger partial charge < -0.3 is 10.2 Å². The Morgan fingerprint density at radius 3 is 2.20 bits per heavy atom. The summed E-state index contributed by atoms with van der Waals surface area (Å²) in [6, 6.07) is 0. The van der Waals surface area contributed by atoms with Crippen molar-refractivity contribution in [3.05, 3.63) is 12.2 Å². The van der Waals surface area contributed by atoms with Crippen molar-refractivity contribution in [2.45, 2.75) is 40.5 Å². The molecule has 0 radical (unpaired) electrons. The van der Waals surface area contributed by atoms with Crippen LogP contribution in [0.25, 0.3) is 0 Å². The average Bonchev–Trinajstić information content (AvgIpc) is 2.25. The zero-order valence-electron chi connectivity index (χ0n) is 10.0. The summed E-state index contributed by atoms with van der Waals surface area (Å²) in [7, 11) is 0. The lowest BCUT2D eigenvalue weighted by molar-refractivity contribution is -0.123. The second kappa shape index (κ2) is 10.8. The number of hydrogen-bond donors (Lipinski definition) is 1. The van der Waals surface area contributed by atoms with Gasteiger partial charge in [-0.2, -0.15) is 0 Å². The molecule has 1 unspecified atom stereocenters. The van der Waals surface area contributed by atoms with Crippen LogP contribution in [0.15, 0.2) is 12.2 Å². The van der Waals surface area contributed by atoms with Gasteiger partial charge in [0.05, 0.1) is 6.21 Å². The maximum atomic E-state index is 11.1. The van der Waals surface area contributed by atoms with Crippen LogP contribution in [0.2, 0.25) is 0 Å². The molecule has 0 fully saturated rings. The number of Topliss-reactive ketones (excluding diaryl/α,β-unsaturated/α-hetero) is 2. The van der Waals surface area contributed by atoms with Gasteiger partial charge in [0.25, 0.3) is 0 Å².